The number of benzene rings is 2. The molecule has 1 atom stereocenters. The summed E-state index contributed by atoms with van der Waals surface area (Å²) in [6.07, 6.45) is 0.821. The summed E-state index contributed by atoms with van der Waals surface area (Å²) in [6.45, 7) is 0.759. The third-order valence-electron chi connectivity index (χ3n) is 4.57. The Balaban J connectivity index is 1.69. The van der Waals surface area contributed by atoms with Gasteiger partial charge in [0.2, 0.25) is 0 Å². The predicted molar refractivity (Wildman–Crippen MR) is 112 cm³/mol. The fourth-order valence-electron chi connectivity index (χ4n) is 2.94. The Kier molecular flexibility index (Phi) is 7.47. The van der Waals surface area contributed by atoms with Crippen LogP contribution in [0.25, 0.3) is 10.9 Å². The first-order valence-electron chi connectivity index (χ1n) is 9.54. The molecule has 0 spiro atoms. The summed E-state index contributed by atoms with van der Waals surface area (Å²) in [7, 11) is 1.52. The number of hydrogen-bond acceptors (Lipinski definition) is 7. The molecule has 0 aliphatic rings. The molecule has 1 N–H and O–H groups in total. The van der Waals surface area contributed by atoms with E-state index in [-0.39, 0.29) is 25.3 Å². The van der Waals surface area contributed by atoms with Crippen molar-refractivity contribution < 1.29 is 29.0 Å². The van der Waals surface area contributed by atoms with Gasteiger partial charge in [-0.3, -0.25) is 15.1 Å². The molecular weight excluding hydrogens is 404 g/mol. The number of carbonyl (C=O) groups is 1. The van der Waals surface area contributed by atoms with Gasteiger partial charge in [-0.1, -0.05) is 0 Å². The molecule has 0 aliphatic carbocycles. The van der Waals surface area contributed by atoms with E-state index in [1.54, 1.807) is 24.4 Å². The predicted octanol–water partition coefficient (Wildman–Crippen LogP) is 3.38. The summed E-state index contributed by atoms with van der Waals surface area (Å²) in [5.74, 6) is -0.438. The zero-order chi connectivity index (χ0) is 22.2. The summed E-state index contributed by atoms with van der Waals surface area (Å²) in [4.78, 5) is 26.1. The Labute approximate surface area is 178 Å². The van der Waals surface area contributed by atoms with Crippen molar-refractivity contribution in [2.24, 2.45) is 0 Å². The summed E-state index contributed by atoms with van der Waals surface area (Å²) in [5, 5.41) is 20.9. The highest BCUT2D eigenvalue weighted by Crippen LogP contribution is 2.22. The fourth-order valence-corrected chi connectivity index (χ4v) is 2.94. The topological polar surface area (TPSA) is 121 Å². The van der Waals surface area contributed by atoms with Crippen LogP contribution in [0.4, 0.5) is 5.69 Å². The third kappa shape index (κ3) is 6.21. The molecule has 0 amide bonds. The number of aromatic nitrogens is 1. The molecule has 0 saturated carbocycles. The van der Waals surface area contributed by atoms with Crippen molar-refractivity contribution in [3.05, 3.63) is 76.0 Å². The van der Waals surface area contributed by atoms with Gasteiger partial charge in [-0.25, -0.2) is 4.79 Å². The Hall–Kier alpha value is -3.56. The maximum atomic E-state index is 11.5. The summed E-state index contributed by atoms with van der Waals surface area (Å²) in [5.41, 5.74) is 2.30. The van der Waals surface area contributed by atoms with Gasteiger partial charge >= 0.3 is 5.97 Å². The van der Waals surface area contributed by atoms with Crippen molar-refractivity contribution in [1.82, 2.24) is 4.98 Å². The van der Waals surface area contributed by atoms with Crippen molar-refractivity contribution >= 4 is 22.6 Å². The molecule has 2 aromatic carbocycles. The minimum absolute atomic E-state index is 0.0268. The molecule has 3 rings (SSSR count). The van der Waals surface area contributed by atoms with Gasteiger partial charge < -0.3 is 19.3 Å². The largest absolute Gasteiger partial charge is 0.489 e. The minimum atomic E-state index is -1.05. The Morgan fingerprint density at radius 3 is 2.58 bits per heavy atom. The second-order valence-electron chi connectivity index (χ2n) is 6.80. The average Bonchev–Trinajstić information content (AvgIpc) is 2.77. The van der Waals surface area contributed by atoms with Crippen molar-refractivity contribution in [2.45, 2.75) is 19.1 Å². The van der Waals surface area contributed by atoms with Crippen LogP contribution in [0, 0.1) is 10.1 Å². The molecule has 9 heteroatoms. The first-order chi connectivity index (χ1) is 15.0. The van der Waals surface area contributed by atoms with Crippen LogP contribution in [0.3, 0.4) is 0 Å². The van der Waals surface area contributed by atoms with E-state index in [2.05, 4.69) is 4.98 Å². The lowest BCUT2D eigenvalue weighted by molar-refractivity contribution is -0.384. The van der Waals surface area contributed by atoms with Gasteiger partial charge in [-0.05, 0) is 47.5 Å². The molecule has 3 aromatic rings. The minimum Gasteiger partial charge on any atom is -0.489 e. The van der Waals surface area contributed by atoms with Crippen molar-refractivity contribution in [3.8, 4) is 5.75 Å². The smallest absolute Gasteiger partial charge is 0.333 e. The maximum absolute atomic E-state index is 11.5. The molecule has 0 saturated heterocycles. The second-order valence-corrected chi connectivity index (χ2v) is 6.80. The highest BCUT2D eigenvalue weighted by atomic mass is 16.6. The second kappa shape index (κ2) is 10.5. The van der Waals surface area contributed by atoms with Crippen LogP contribution in [0.2, 0.25) is 0 Å². The normalized spacial score (nSPS) is 11.9. The van der Waals surface area contributed by atoms with E-state index in [1.807, 2.05) is 18.2 Å². The average molecular weight is 426 g/mol. The molecule has 1 unspecified atom stereocenters. The molecule has 162 valence electrons. The number of fused-ring (bicyclic) bond motifs is 1. The summed E-state index contributed by atoms with van der Waals surface area (Å²) in [6, 6.07) is 13.4. The summed E-state index contributed by atoms with van der Waals surface area (Å²) < 4.78 is 16.1. The van der Waals surface area contributed by atoms with E-state index < -0.39 is 17.0 Å². The van der Waals surface area contributed by atoms with E-state index in [9.17, 15) is 20.0 Å². The van der Waals surface area contributed by atoms with Gasteiger partial charge in [0.25, 0.3) is 5.69 Å². The number of carboxylic acid groups (broad SMARTS) is 1. The van der Waals surface area contributed by atoms with Crippen molar-refractivity contribution in [3.63, 3.8) is 0 Å². The first kappa shape index (κ1) is 22.1. The number of carboxylic acids is 1. The Bertz CT molecular complexity index is 1050. The van der Waals surface area contributed by atoms with Crippen molar-refractivity contribution in [1.29, 1.82) is 0 Å². The number of nitrogens with zero attached hydrogens (tertiary/aromatic N) is 2. The lowest BCUT2D eigenvalue weighted by atomic mass is 10.1. The quantitative estimate of drug-likeness (QED) is 0.281. The molecule has 0 aliphatic heterocycles. The van der Waals surface area contributed by atoms with Gasteiger partial charge in [0.1, 0.15) is 12.4 Å². The van der Waals surface area contributed by atoms with Crippen molar-refractivity contribution in [2.75, 3.05) is 20.3 Å². The fraction of sp³-hybridized carbons (Fsp3) is 0.273. The highest BCUT2D eigenvalue weighted by Gasteiger charge is 2.19. The summed E-state index contributed by atoms with van der Waals surface area (Å²) >= 11 is 0. The molecule has 1 heterocycles. The molecular formula is C22H22N2O7. The van der Waals surface area contributed by atoms with Crippen LogP contribution in [-0.4, -0.2) is 47.4 Å². The van der Waals surface area contributed by atoms with E-state index >= 15 is 0 Å². The number of hydrogen-bond donors (Lipinski definition) is 1. The standard InChI is InChI=1S/C22H22N2O7/c1-29-8-9-30-21(22(25)26)11-16-10-17-12-19(6-7-20(17)23-13-16)31-14-15-2-4-18(5-3-15)24(27)28/h2-7,10,12-13,21H,8-9,11,14H2,1H3,(H,25,26). The molecule has 0 bridgehead atoms. The molecule has 1 aromatic heterocycles. The van der Waals surface area contributed by atoms with Gasteiger partial charge in [0, 0.05) is 37.2 Å². The number of nitro benzene ring substituents is 1. The van der Waals surface area contributed by atoms with E-state index in [1.165, 1.54) is 19.2 Å². The Morgan fingerprint density at radius 1 is 1.13 bits per heavy atom. The third-order valence-corrected chi connectivity index (χ3v) is 4.57. The lowest BCUT2D eigenvalue weighted by Crippen LogP contribution is -2.27. The van der Waals surface area contributed by atoms with Crippen LogP contribution >= 0.6 is 0 Å². The van der Waals surface area contributed by atoms with Crippen LogP contribution in [0.5, 0.6) is 5.75 Å². The number of ether oxygens (including phenoxy) is 3. The highest BCUT2D eigenvalue weighted by molar-refractivity contribution is 5.81. The SMILES string of the molecule is COCCOC(Cc1cnc2ccc(OCc3ccc([N+](=O)[O-])cc3)cc2c1)C(=O)O. The van der Waals surface area contributed by atoms with Crippen LogP contribution < -0.4 is 4.74 Å². The number of aliphatic carboxylic acids is 1. The van der Waals surface area contributed by atoms with Gasteiger partial charge in [-0.15, -0.1) is 0 Å². The zero-order valence-corrected chi connectivity index (χ0v) is 16.9. The number of pyridine rings is 1. The number of methoxy groups -OCH3 is 1. The van der Waals surface area contributed by atoms with E-state index in [0.29, 0.717) is 12.4 Å². The zero-order valence-electron chi connectivity index (χ0n) is 16.9. The van der Waals surface area contributed by atoms with E-state index in [0.717, 1.165) is 22.0 Å². The van der Waals surface area contributed by atoms with Crippen LogP contribution in [0.1, 0.15) is 11.1 Å². The number of nitro groups is 1. The number of rotatable bonds is 11. The Morgan fingerprint density at radius 2 is 1.90 bits per heavy atom. The van der Waals surface area contributed by atoms with Crippen LogP contribution in [0.15, 0.2) is 54.7 Å². The van der Waals surface area contributed by atoms with Crippen LogP contribution in [-0.2, 0) is 27.3 Å². The lowest BCUT2D eigenvalue weighted by Gasteiger charge is -2.14. The van der Waals surface area contributed by atoms with Gasteiger partial charge in [-0.2, -0.15) is 0 Å². The number of non-ortho nitro benzene ring substituents is 1. The molecule has 31 heavy (non-hydrogen) atoms. The molecule has 0 fully saturated rings. The molecule has 0 radical (unpaired) electrons. The monoisotopic (exact) mass is 426 g/mol. The van der Waals surface area contributed by atoms with Gasteiger partial charge in [0.15, 0.2) is 6.10 Å². The van der Waals surface area contributed by atoms with E-state index in [4.69, 9.17) is 14.2 Å². The maximum Gasteiger partial charge on any atom is 0.333 e. The first-order valence-corrected chi connectivity index (χ1v) is 9.54. The van der Waals surface area contributed by atoms with Gasteiger partial charge in [0.05, 0.1) is 23.7 Å². The molecule has 9 nitrogen and oxygen atoms in total.